The van der Waals surface area contributed by atoms with Crippen LogP contribution in [0.2, 0.25) is 0 Å². The summed E-state index contributed by atoms with van der Waals surface area (Å²) < 4.78 is 29.7. The van der Waals surface area contributed by atoms with Crippen molar-refractivity contribution < 1.29 is 18.3 Å². The van der Waals surface area contributed by atoms with E-state index in [0.717, 1.165) is 0 Å². The van der Waals surface area contributed by atoms with E-state index in [0.29, 0.717) is 0 Å². The van der Waals surface area contributed by atoms with Gasteiger partial charge in [0.15, 0.2) is 0 Å². The lowest BCUT2D eigenvalue weighted by Crippen LogP contribution is -2.23. The number of alkyl halides is 2. The van der Waals surface area contributed by atoms with Gasteiger partial charge in [0.2, 0.25) is 0 Å². The third kappa shape index (κ3) is 2.03. The van der Waals surface area contributed by atoms with Crippen molar-refractivity contribution in [2.45, 2.75) is 25.2 Å². The lowest BCUT2D eigenvalue weighted by molar-refractivity contribution is -0.137. The summed E-state index contributed by atoms with van der Waals surface area (Å²) in [5, 5.41) is 0. The van der Waals surface area contributed by atoms with Crippen molar-refractivity contribution in [2.75, 3.05) is 7.11 Å². The molecule has 0 aromatic heterocycles. The van der Waals surface area contributed by atoms with Gasteiger partial charge in [-0.1, -0.05) is 6.08 Å². The van der Waals surface area contributed by atoms with E-state index in [4.69, 9.17) is 0 Å². The van der Waals surface area contributed by atoms with Crippen molar-refractivity contribution in [3.8, 4) is 0 Å². The van der Waals surface area contributed by atoms with Crippen LogP contribution in [-0.4, -0.2) is 19.0 Å². The van der Waals surface area contributed by atoms with Gasteiger partial charge in [-0.25, -0.2) is 13.6 Å². The summed E-state index contributed by atoms with van der Waals surface area (Å²) in [5.41, 5.74) is 0.0914. The minimum Gasteiger partial charge on any atom is -0.466 e. The summed E-state index contributed by atoms with van der Waals surface area (Å²) in [6.07, 6.45) is 1.11. The van der Waals surface area contributed by atoms with Crippen molar-refractivity contribution in [3.63, 3.8) is 0 Å². The second-order valence-electron chi connectivity index (χ2n) is 2.79. The van der Waals surface area contributed by atoms with E-state index < -0.39 is 18.3 Å². The summed E-state index contributed by atoms with van der Waals surface area (Å²) >= 11 is 0. The zero-order valence-electron chi connectivity index (χ0n) is 6.77. The quantitative estimate of drug-likeness (QED) is 0.570. The van der Waals surface area contributed by atoms with Crippen molar-refractivity contribution in [1.29, 1.82) is 0 Å². The van der Waals surface area contributed by atoms with E-state index in [9.17, 15) is 13.6 Å². The molecular weight excluding hydrogens is 166 g/mol. The van der Waals surface area contributed by atoms with Crippen molar-refractivity contribution in [3.05, 3.63) is 11.6 Å². The first-order chi connectivity index (χ1) is 5.55. The lowest BCUT2D eigenvalue weighted by atomic mass is 9.96. The highest BCUT2D eigenvalue weighted by Gasteiger charge is 2.34. The van der Waals surface area contributed by atoms with Gasteiger partial charge >= 0.3 is 5.97 Å². The van der Waals surface area contributed by atoms with Crippen LogP contribution in [0, 0.1) is 0 Å². The number of ether oxygens (including phenoxy) is 1. The molecule has 0 amide bonds. The largest absolute Gasteiger partial charge is 0.466 e. The molecule has 12 heavy (non-hydrogen) atoms. The number of allylic oxidation sites excluding steroid dienone is 1. The average molecular weight is 176 g/mol. The van der Waals surface area contributed by atoms with Gasteiger partial charge in [-0.3, -0.25) is 0 Å². The number of carbonyl (C=O) groups excluding carboxylic acids is 1. The minimum atomic E-state index is -2.74. The van der Waals surface area contributed by atoms with Crippen molar-refractivity contribution in [2.24, 2.45) is 0 Å². The number of halogens is 2. The van der Waals surface area contributed by atoms with Gasteiger partial charge in [0.25, 0.3) is 5.92 Å². The highest BCUT2D eigenvalue weighted by molar-refractivity contribution is 5.88. The van der Waals surface area contributed by atoms with E-state index in [1.54, 1.807) is 0 Å². The Morgan fingerprint density at radius 2 is 2.33 bits per heavy atom. The summed E-state index contributed by atoms with van der Waals surface area (Å²) in [7, 11) is 1.19. The van der Waals surface area contributed by atoms with Crippen LogP contribution in [0.25, 0.3) is 0 Å². The number of rotatable bonds is 1. The average Bonchev–Trinajstić information content (AvgIpc) is 2.01. The van der Waals surface area contributed by atoms with Crippen LogP contribution in [0.5, 0.6) is 0 Å². The third-order valence-corrected chi connectivity index (χ3v) is 1.80. The molecule has 0 N–H and O–H groups in total. The van der Waals surface area contributed by atoms with Crippen LogP contribution in [0.4, 0.5) is 8.78 Å². The molecular formula is C8H10F2O2. The van der Waals surface area contributed by atoms with Gasteiger partial charge in [0.05, 0.1) is 7.11 Å². The summed E-state index contributed by atoms with van der Waals surface area (Å²) in [4.78, 5) is 10.8. The maximum absolute atomic E-state index is 12.7. The maximum Gasteiger partial charge on any atom is 0.333 e. The Balaban J connectivity index is 2.68. The summed E-state index contributed by atoms with van der Waals surface area (Å²) in [6.45, 7) is 0. The van der Waals surface area contributed by atoms with Gasteiger partial charge in [0, 0.05) is 18.4 Å². The van der Waals surface area contributed by atoms with E-state index in [-0.39, 0.29) is 18.4 Å². The van der Waals surface area contributed by atoms with Gasteiger partial charge < -0.3 is 4.74 Å². The summed E-state index contributed by atoms with van der Waals surface area (Å²) in [6, 6.07) is 0. The molecule has 0 fully saturated rings. The normalized spacial score (nSPS) is 21.4. The molecule has 0 aromatic rings. The van der Waals surface area contributed by atoms with Crippen LogP contribution in [-0.2, 0) is 9.53 Å². The van der Waals surface area contributed by atoms with E-state index in [2.05, 4.69) is 4.74 Å². The van der Waals surface area contributed by atoms with Crippen LogP contribution in [0.1, 0.15) is 19.3 Å². The monoisotopic (exact) mass is 176 g/mol. The Morgan fingerprint density at radius 1 is 1.67 bits per heavy atom. The molecule has 1 aliphatic carbocycles. The fourth-order valence-electron chi connectivity index (χ4n) is 1.18. The van der Waals surface area contributed by atoms with Crippen LogP contribution < -0.4 is 0 Å². The standard InChI is InChI=1S/C8H10F2O2/c1-12-7(11)6-3-2-4-8(9,10)5-6/h3H,2,4-5H2,1H3. The smallest absolute Gasteiger partial charge is 0.333 e. The predicted octanol–water partition coefficient (Wildman–Crippen LogP) is 1.91. The van der Waals surface area contributed by atoms with Crippen molar-refractivity contribution in [1.82, 2.24) is 0 Å². The predicted molar refractivity (Wildman–Crippen MR) is 38.9 cm³/mol. The highest BCUT2D eigenvalue weighted by Crippen LogP contribution is 2.33. The Morgan fingerprint density at radius 3 is 2.83 bits per heavy atom. The highest BCUT2D eigenvalue weighted by atomic mass is 19.3. The first-order valence-corrected chi connectivity index (χ1v) is 3.70. The minimum absolute atomic E-state index is 0.0914. The lowest BCUT2D eigenvalue weighted by Gasteiger charge is -2.20. The molecule has 0 atom stereocenters. The van der Waals surface area contributed by atoms with E-state index in [1.165, 1.54) is 13.2 Å². The molecule has 1 rings (SSSR count). The fourth-order valence-corrected chi connectivity index (χ4v) is 1.18. The number of hydrogen-bond acceptors (Lipinski definition) is 2. The number of carbonyl (C=O) groups is 1. The van der Waals surface area contributed by atoms with Gasteiger partial charge in [-0.15, -0.1) is 0 Å². The molecule has 0 aromatic carbocycles. The number of esters is 1. The molecule has 0 unspecified atom stereocenters. The molecule has 4 heteroatoms. The van der Waals surface area contributed by atoms with Gasteiger partial charge in [-0.05, 0) is 6.42 Å². The molecule has 0 heterocycles. The number of hydrogen-bond donors (Lipinski definition) is 0. The Hall–Kier alpha value is -0.930. The molecule has 0 spiro atoms. The second-order valence-corrected chi connectivity index (χ2v) is 2.79. The van der Waals surface area contributed by atoms with Crippen LogP contribution in [0.3, 0.4) is 0 Å². The number of methoxy groups -OCH3 is 1. The van der Waals surface area contributed by atoms with E-state index >= 15 is 0 Å². The van der Waals surface area contributed by atoms with E-state index in [1.807, 2.05) is 0 Å². The molecule has 0 radical (unpaired) electrons. The summed E-state index contributed by atoms with van der Waals surface area (Å²) in [5.74, 6) is -3.38. The van der Waals surface area contributed by atoms with Gasteiger partial charge in [-0.2, -0.15) is 0 Å². The maximum atomic E-state index is 12.7. The second kappa shape index (κ2) is 3.21. The topological polar surface area (TPSA) is 26.3 Å². The van der Waals surface area contributed by atoms with Crippen LogP contribution >= 0.6 is 0 Å². The molecule has 0 saturated carbocycles. The SMILES string of the molecule is COC(=O)C1=CCCC(F)(F)C1. The Kier molecular flexibility index (Phi) is 2.45. The van der Waals surface area contributed by atoms with Crippen molar-refractivity contribution >= 4 is 5.97 Å². The molecule has 68 valence electrons. The molecule has 0 bridgehead atoms. The molecule has 1 aliphatic rings. The molecule has 0 saturated heterocycles. The Labute approximate surface area is 69.2 Å². The molecule has 2 nitrogen and oxygen atoms in total. The zero-order chi connectivity index (χ0) is 9.19. The zero-order valence-corrected chi connectivity index (χ0v) is 6.77. The molecule has 0 aliphatic heterocycles. The van der Waals surface area contributed by atoms with Crippen LogP contribution in [0.15, 0.2) is 11.6 Å². The van der Waals surface area contributed by atoms with Gasteiger partial charge in [0.1, 0.15) is 0 Å². The third-order valence-electron chi connectivity index (χ3n) is 1.80. The Bertz CT molecular complexity index is 221. The first-order valence-electron chi connectivity index (χ1n) is 3.70. The first kappa shape index (κ1) is 9.16. The fraction of sp³-hybridized carbons (Fsp3) is 0.625.